The highest BCUT2D eigenvalue weighted by molar-refractivity contribution is 7.16. The molecule has 1 N–H and O–H groups in total. The van der Waals surface area contributed by atoms with Crippen molar-refractivity contribution in [3.8, 4) is 0 Å². The van der Waals surface area contributed by atoms with E-state index in [4.69, 9.17) is 5.11 Å². The van der Waals surface area contributed by atoms with Gasteiger partial charge in [-0.05, 0) is 30.9 Å². The van der Waals surface area contributed by atoms with E-state index in [2.05, 4.69) is 5.10 Å². The van der Waals surface area contributed by atoms with Crippen molar-refractivity contribution in [2.24, 2.45) is 0 Å². The van der Waals surface area contributed by atoms with Gasteiger partial charge in [-0.25, -0.2) is 9.48 Å². The highest BCUT2D eigenvalue weighted by Gasteiger charge is 2.21. The average molecular weight is 305 g/mol. The van der Waals surface area contributed by atoms with Gasteiger partial charge in [0.1, 0.15) is 16.2 Å². The van der Waals surface area contributed by atoms with E-state index in [1.54, 1.807) is 17.4 Å². The number of aromatic nitrogens is 3. The smallest absolute Gasteiger partial charge is 0.328 e. The molecule has 0 bridgehead atoms. The van der Waals surface area contributed by atoms with Crippen molar-refractivity contribution < 1.29 is 9.90 Å². The fraction of sp³-hybridized carbons (Fsp3) is 0.357. The molecule has 0 amide bonds. The van der Waals surface area contributed by atoms with Crippen molar-refractivity contribution in [3.05, 3.63) is 33.7 Å². The minimum Gasteiger partial charge on any atom is -0.480 e. The van der Waals surface area contributed by atoms with Crippen molar-refractivity contribution in [2.75, 3.05) is 0 Å². The van der Waals surface area contributed by atoms with E-state index in [1.807, 2.05) is 22.8 Å². The first-order valence-electron chi connectivity index (χ1n) is 6.77. The first-order valence-corrected chi connectivity index (χ1v) is 7.65. The molecule has 3 aromatic heterocycles. The van der Waals surface area contributed by atoms with Gasteiger partial charge < -0.3 is 5.11 Å². The van der Waals surface area contributed by atoms with Crippen LogP contribution in [0.1, 0.15) is 32.1 Å². The molecular weight excluding hydrogens is 290 g/mol. The fourth-order valence-corrected chi connectivity index (χ4v) is 3.34. The molecule has 3 rings (SSSR count). The Labute approximate surface area is 124 Å². The molecule has 0 aliphatic heterocycles. The maximum Gasteiger partial charge on any atom is 0.328 e. The highest BCUT2D eigenvalue weighted by atomic mass is 32.1. The van der Waals surface area contributed by atoms with Gasteiger partial charge in [-0.15, -0.1) is 11.3 Å². The molecule has 7 heteroatoms. The predicted octanol–water partition coefficient (Wildman–Crippen LogP) is 2.31. The van der Waals surface area contributed by atoms with Crippen LogP contribution < -0.4 is 5.56 Å². The standard InChI is InChI=1S/C14H15N3O3S/c1-3-4-11-15-17(8(2)14(19)20)12(18)10-7-9-5-6-21-13(9)16(10)11/h5-8H,3-4H2,1-2H3,(H,19,20). The molecule has 0 aliphatic rings. The Morgan fingerprint density at radius 3 is 2.95 bits per heavy atom. The molecule has 3 aromatic rings. The van der Waals surface area contributed by atoms with Crippen molar-refractivity contribution in [2.45, 2.75) is 32.7 Å². The van der Waals surface area contributed by atoms with Gasteiger partial charge in [0.25, 0.3) is 5.56 Å². The van der Waals surface area contributed by atoms with Gasteiger partial charge >= 0.3 is 5.97 Å². The number of hydrogen-bond donors (Lipinski definition) is 1. The lowest BCUT2D eigenvalue weighted by Crippen LogP contribution is -2.32. The lowest BCUT2D eigenvalue weighted by atomic mass is 10.3. The van der Waals surface area contributed by atoms with Crippen molar-refractivity contribution in [3.63, 3.8) is 0 Å². The molecule has 0 saturated carbocycles. The third-order valence-electron chi connectivity index (χ3n) is 3.52. The van der Waals surface area contributed by atoms with Gasteiger partial charge in [-0.2, -0.15) is 5.10 Å². The monoisotopic (exact) mass is 305 g/mol. The van der Waals surface area contributed by atoms with E-state index >= 15 is 0 Å². The summed E-state index contributed by atoms with van der Waals surface area (Å²) >= 11 is 1.55. The van der Waals surface area contributed by atoms with Crippen LogP contribution in [0.4, 0.5) is 0 Å². The third-order valence-corrected chi connectivity index (χ3v) is 4.43. The predicted molar refractivity (Wildman–Crippen MR) is 81.2 cm³/mol. The van der Waals surface area contributed by atoms with Gasteiger partial charge in [0.15, 0.2) is 6.04 Å². The first-order chi connectivity index (χ1) is 10.0. The van der Waals surface area contributed by atoms with Crippen LogP contribution in [0, 0.1) is 0 Å². The summed E-state index contributed by atoms with van der Waals surface area (Å²) in [6.45, 7) is 3.49. The van der Waals surface area contributed by atoms with Crippen molar-refractivity contribution >= 4 is 33.0 Å². The molecule has 0 radical (unpaired) electrons. The Morgan fingerprint density at radius 1 is 1.52 bits per heavy atom. The SMILES string of the molecule is CCCc1nn(C(C)C(=O)O)c(=O)c2cc3ccsc3n12. The van der Waals surface area contributed by atoms with Gasteiger partial charge in [0, 0.05) is 11.8 Å². The van der Waals surface area contributed by atoms with E-state index in [-0.39, 0.29) is 5.56 Å². The number of nitrogens with zero attached hydrogens (tertiary/aromatic N) is 3. The number of carbonyl (C=O) groups is 1. The summed E-state index contributed by atoms with van der Waals surface area (Å²) in [6, 6.07) is 2.78. The van der Waals surface area contributed by atoms with Crippen molar-refractivity contribution in [1.29, 1.82) is 0 Å². The maximum absolute atomic E-state index is 12.5. The van der Waals surface area contributed by atoms with E-state index in [9.17, 15) is 9.59 Å². The van der Waals surface area contributed by atoms with E-state index in [1.165, 1.54) is 6.92 Å². The summed E-state index contributed by atoms with van der Waals surface area (Å²) in [5.74, 6) is -0.345. The zero-order valence-corrected chi connectivity index (χ0v) is 12.6. The zero-order chi connectivity index (χ0) is 15.1. The topological polar surface area (TPSA) is 76.6 Å². The van der Waals surface area contributed by atoms with Crippen LogP contribution in [0.2, 0.25) is 0 Å². The molecule has 1 unspecified atom stereocenters. The Kier molecular flexibility index (Phi) is 3.29. The van der Waals surface area contributed by atoms with Gasteiger partial charge in [-0.3, -0.25) is 9.20 Å². The third kappa shape index (κ3) is 2.04. The van der Waals surface area contributed by atoms with Crippen LogP contribution in [0.15, 0.2) is 22.3 Å². The number of carboxylic acids is 1. The number of fused-ring (bicyclic) bond motifs is 3. The number of hydrogen-bond acceptors (Lipinski definition) is 4. The molecular formula is C14H15N3O3S. The molecule has 110 valence electrons. The molecule has 1 atom stereocenters. The summed E-state index contributed by atoms with van der Waals surface area (Å²) < 4.78 is 2.93. The number of carboxylic acid groups (broad SMARTS) is 1. The Balaban J connectivity index is 2.40. The normalized spacial score (nSPS) is 13.0. The summed E-state index contributed by atoms with van der Waals surface area (Å²) in [6.07, 6.45) is 1.55. The Morgan fingerprint density at radius 2 is 2.29 bits per heavy atom. The second-order valence-corrected chi connectivity index (χ2v) is 5.87. The average Bonchev–Trinajstić information content (AvgIpc) is 3.01. The van der Waals surface area contributed by atoms with Crippen LogP contribution in [-0.4, -0.2) is 25.3 Å². The zero-order valence-electron chi connectivity index (χ0n) is 11.7. The Bertz CT molecular complexity index is 890. The molecule has 0 saturated heterocycles. The van der Waals surface area contributed by atoms with E-state index in [0.29, 0.717) is 11.9 Å². The molecule has 0 spiro atoms. The van der Waals surface area contributed by atoms with Gasteiger partial charge in [0.2, 0.25) is 0 Å². The van der Waals surface area contributed by atoms with E-state index < -0.39 is 12.0 Å². The summed E-state index contributed by atoms with van der Waals surface area (Å²) in [5, 5.41) is 16.4. The number of rotatable bonds is 4. The maximum atomic E-state index is 12.5. The fourth-order valence-electron chi connectivity index (χ4n) is 2.42. The number of aryl methyl sites for hydroxylation is 1. The van der Waals surface area contributed by atoms with Crippen LogP contribution in [0.5, 0.6) is 0 Å². The molecule has 0 fully saturated rings. The number of aliphatic carboxylic acids is 1. The minimum absolute atomic E-state index is 0.367. The van der Waals surface area contributed by atoms with Crippen LogP contribution >= 0.6 is 11.3 Å². The second-order valence-electron chi connectivity index (χ2n) is 4.98. The quantitative estimate of drug-likeness (QED) is 0.802. The second kappa shape index (κ2) is 5.00. The van der Waals surface area contributed by atoms with Crippen LogP contribution in [0.25, 0.3) is 15.7 Å². The largest absolute Gasteiger partial charge is 0.480 e. The summed E-state index contributed by atoms with van der Waals surface area (Å²) in [5.41, 5.74) is 0.122. The summed E-state index contributed by atoms with van der Waals surface area (Å²) in [7, 11) is 0. The van der Waals surface area contributed by atoms with E-state index in [0.717, 1.165) is 27.1 Å². The number of thiophene rings is 1. The van der Waals surface area contributed by atoms with Crippen LogP contribution in [-0.2, 0) is 11.2 Å². The van der Waals surface area contributed by atoms with Crippen LogP contribution in [0.3, 0.4) is 0 Å². The highest BCUT2D eigenvalue weighted by Crippen LogP contribution is 2.25. The van der Waals surface area contributed by atoms with Gasteiger partial charge in [-0.1, -0.05) is 6.92 Å². The molecule has 0 aliphatic carbocycles. The molecule has 3 heterocycles. The van der Waals surface area contributed by atoms with Crippen molar-refractivity contribution in [1.82, 2.24) is 14.2 Å². The van der Waals surface area contributed by atoms with Gasteiger partial charge in [0.05, 0.1) is 0 Å². The lowest BCUT2D eigenvalue weighted by Gasteiger charge is -2.13. The molecule has 21 heavy (non-hydrogen) atoms. The lowest BCUT2D eigenvalue weighted by molar-refractivity contribution is -0.140. The Hall–Kier alpha value is -2.15. The molecule has 6 nitrogen and oxygen atoms in total. The molecule has 0 aromatic carbocycles. The first kappa shape index (κ1) is 13.8. The summed E-state index contributed by atoms with van der Waals surface area (Å²) in [4.78, 5) is 24.7. The minimum atomic E-state index is -1.07.